The van der Waals surface area contributed by atoms with E-state index < -0.39 is 0 Å². The molecule has 1 unspecified atom stereocenters. The van der Waals surface area contributed by atoms with Gasteiger partial charge in [0, 0.05) is 6.42 Å². The first kappa shape index (κ1) is 41.4. The van der Waals surface area contributed by atoms with E-state index in [0.29, 0.717) is 6.42 Å². The number of allylic oxidation sites excluding steroid dienone is 8. The van der Waals surface area contributed by atoms with Gasteiger partial charge in [-0.2, -0.15) is 0 Å². The van der Waals surface area contributed by atoms with Crippen LogP contribution in [0.25, 0.3) is 0 Å². The fourth-order valence-corrected chi connectivity index (χ4v) is 5.50. The van der Waals surface area contributed by atoms with Crippen LogP contribution >= 0.6 is 0 Å². The van der Waals surface area contributed by atoms with Crippen molar-refractivity contribution in [2.75, 3.05) is 0 Å². The van der Waals surface area contributed by atoms with E-state index >= 15 is 0 Å². The number of esters is 1. The molecule has 1 atom stereocenters. The summed E-state index contributed by atoms with van der Waals surface area (Å²) < 4.78 is 5.85. The minimum Gasteiger partial charge on any atom is -0.462 e. The molecule has 0 spiro atoms. The Morgan fingerprint density at radius 1 is 0.442 bits per heavy atom. The Hall–Kier alpha value is -1.57. The maximum atomic E-state index is 12.4. The molecule has 0 aliphatic rings. The SMILES string of the molecule is CCCCCC=CCC=CCC=CCC=CCCCC(=O)OC(CCC)CCCCCCCCCCCCCCCCC. The summed E-state index contributed by atoms with van der Waals surface area (Å²) in [6.07, 6.45) is 52.5. The monoisotopic (exact) mass is 599 g/mol. The third-order valence-corrected chi connectivity index (χ3v) is 8.25. The summed E-state index contributed by atoms with van der Waals surface area (Å²) in [5.41, 5.74) is 0. The smallest absolute Gasteiger partial charge is 0.306 e. The van der Waals surface area contributed by atoms with E-state index in [-0.39, 0.29) is 12.1 Å². The lowest BCUT2D eigenvalue weighted by molar-refractivity contribution is -0.149. The molecule has 0 N–H and O–H groups in total. The zero-order valence-electron chi connectivity index (χ0n) is 29.3. The summed E-state index contributed by atoms with van der Waals surface area (Å²) in [6.45, 7) is 6.73. The zero-order valence-corrected chi connectivity index (χ0v) is 29.3. The Balaban J connectivity index is 3.68. The Labute approximate surface area is 270 Å². The molecule has 2 heteroatoms. The number of hydrogen-bond donors (Lipinski definition) is 0. The molecule has 0 radical (unpaired) electrons. The summed E-state index contributed by atoms with van der Waals surface area (Å²) in [5, 5.41) is 0. The lowest BCUT2D eigenvalue weighted by atomic mass is 10.0. The van der Waals surface area contributed by atoms with Crippen molar-refractivity contribution in [3.63, 3.8) is 0 Å². The summed E-state index contributed by atoms with van der Waals surface area (Å²) in [4.78, 5) is 12.4. The predicted octanol–water partition coefficient (Wildman–Crippen LogP) is 14.1. The molecule has 0 bridgehead atoms. The molecule has 43 heavy (non-hydrogen) atoms. The number of carbonyl (C=O) groups excluding carboxylic acids is 1. The van der Waals surface area contributed by atoms with Gasteiger partial charge in [0.25, 0.3) is 0 Å². The van der Waals surface area contributed by atoms with E-state index in [1.54, 1.807) is 0 Å². The average molecular weight is 599 g/mol. The molecular formula is C41H74O2. The van der Waals surface area contributed by atoms with Crippen molar-refractivity contribution in [2.45, 2.75) is 207 Å². The average Bonchev–Trinajstić information content (AvgIpc) is 3.00. The van der Waals surface area contributed by atoms with Crippen molar-refractivity contribution in [3.05, 3.63) is 48.6 Å². The van der Waals surface area contributed by atoms with Crippen molar-refractivity contribution in [1.29, 1.82) is 0 Å². The number of carbonyl (C=O) groups is 1. The van der Waals surface area contributed by atoms with Crippen molar-refractivity contribution in [3.8, 4) is 0 Å². The van der Waals surface area contributed by atoms with E-state index in [2.05, 4.69) is 69.4 Å². The van der Waals surface area contributed by atoms with Gasteiger partial charge < -0.3 is 4.74 Å². The topological polar surface area (TPSA) is 26.3 Å². The van der Waals surface area contributed by atoms with Crippen LogP contribution in [0.3, 0.4) is 0 Å². The van der Waals surface area contributed by atoms with Gasteiger partial charge in [0.05, 0.1) is 0 Å². The maximum Gasteiger partial charge on any atom is 0.306 e. The first-order chi connectivity index (χ1) is 21.2. The van der Waals surface area contributed by atoms with Gasteiger partial charge in [-0.3, -0.25) is 4.79 Å². The zero-order chi connectivity index (χ0) is 31.3. The molecular weight excluding hydrogens is 524 g/mol. The van der Waals surface area contributed by atoms with Gasteiger partial charge in [-0.15, -0.1) is 0 Å². The first-order valence-corrected chi connectivity index (χ1v) is 19.0. The highest BCUT2D eigenvalue weighted by Gasteiger charge is 2.13. The fourth-order valence-electron chi connectivity index (χ4n) is 5.50. The van der Waals surface area contributed by atoms with Crippen LogP contribution in [0.4, 0.5) is 0 Å². The van der Waals surface area contributed by atoms with Crippen LogP contribution in [-0.2, 0) is 9.53 Å². The van der Waals surface area contributed by atoms with Crippen LogP contribution in [0.5, 0.6) is 0 Å². The molecule has 0 saturated heterocycles. The maximum absolute atomic E-state index is 12.4. The molecule has 0 aromatic carbocycles. The molecule has 0 heterocycles. The molecule has 0 aromatic heterocycles. The summed E-state index contributed by atoms with van der Waals surface area (Å²) in [7, 11) is 0. The molecule has 250 valence electrons. The van der Waals surface area contributed by atoms with E-state index in [9.17, 15) is 4.79 Å². The van der Waals surface area contributed by atoms with Gasteiger partial charge in [-0.25, -0.2) is 0 Å². The van der Waals surface area contributed by atoms with Crippen molar-refractivity contribution < 1.29 is 9.53 Å². The fraction of sp³-hybridized carbons (Fsp3) is 0.780. The Morgan fingerprint density at radius 2 is 0.837 bits per heavy atom. The largest absolute Gasteiger partial charge is 0.462 e. The van der Waals surface area contributed by atoms with Gasteiger partial charge in [-0.05, 0) is 64.2 Å². The normalized spacial score (nSPS) is 12.9. The Morgan fingerprint density at radius 3 is 1.30 bits per heavy atom. The highest BCUT2D eigenvalue weighted by molar-refractivity contribution is 5.69. The number of unbranched alkanes of at least 4 members (excludes halogenated alkanes) is 18. The second-order valence-electron chi connectivity index (χ2n) is 12.6. The van der Waals surface area contributed by atoms with E-state index in [4.69, 9.17) is 4.74 Å². The van der Waals surface area contributed by atoms with E-state index in [1.807, 2.05) is 0 Å². The third kappa shape index (κ3) is 34.8. The van der Waals surface area contributed by atoms with Crippen molar-refractivity contribution in [1.82, 2.24) is 0 Å². The van der Waals surface area contributed by atoms with Gasteiger partial charge in [0.15, 0.2) is 0 Å². The van der Waals surface area contributed by atoms with Crippen molar-refractivity contribution in [2.24, 2.45) is 0 Å². The Kier molecular flexibility index (Phi) is 35.3. The van der Waals surface area contributed by atoms with Gasteiger partial charge >= 0.3 is 5.97 Å². The Bertz CT molecular complexity index is 671. The highest BCUT2D eigenvalue weighted by atomic mass is 16.5. The molecule has 0 fully saturated rings. The number of hydrogen-bond acceptors (Lipinski definition) is 2. The second kappa shape index (κ2) is 36.6. The first-order valence-electron chi connectivity index (χ1n) is 19.0. The van der Waals surface area contributed by atoms with E-state index in [1.165, 1.54) is 122 Å². The van der Waals surface area contributed by atoms with Crippen molar-refractivity contribution >= 4 is 5.97 Å². The molecule has 2 nitrogen and oxygen atoms in total. The quantitative estimate of drug-likeness (QED) is 0.0426. The summed E-state index contributed by atoms with van der Waals surface area (Å²) in [6, 6.07) is 0. The predicted molar refractivity (Wildman–Crippen MR) is 193 cm³/mol. The summed E-state index contributed by atoms with van der Waals surface area (Å²) >= 11 is 0. The molecule has 0 amide bonds. The van der Waals surface area contributed by atoms with Crippen LogP contribution in [0.1, 0.15) is 201 Å². The van der Waals surface area contributed by atoms with Crippen LogP contribution in [0, 0.1) is 0 Å². The van der Waals surface area contributed by atoms with E-state index in [0.717, 1.165) is 51.4 Å². The highest BCUT2D eigenvalue weighted by Crippen LogP contribution is 2.17. The van der Waals surface area contributed by atoms with Crippen LogP contribution in [0.2, 0.25) is 0 Å². The third-order valence-electron chi connectivity index (χ3n) is 8.25. The summed E-state index contributed by atoms with van der Waals surface area (Å²) in [5.74, 6) is -0.00435. The lowest BCUT2D eigenvalue weighted by Crippen LogP contribution is -2.18. The van der Waals surface area contributed by atoms with Crippen LogP contribution in [0.15, 0.2) is 48.6 Å². The lowest BCUT2D eigenvalue weighted by Gasteiger charge is -2.17. The molecule has 0 saturated carbocycles. The minimum atomic E-state index is -0.00435. The molecule has 0 aromatic rings. The molecule has 0 aliphatic heterocycles. The van der Waals surface area contributed by atoms with Gasteiger partial charge in [0.1, 0.15) is 6.10 Å². The molecule has 0 aliphatic carbocycles. The van der Waals surface area contributed by atoms with Gasteiger partial charge in [-0.1, -0.05) is 179 Å². The number of rotatable bonds is 33. The molecule has 0 rings (SSSR count). The standard InChI is InChI=1S/C41H74O2/c1-4-7-9-11-13-15-17-19-21-22-24-26-28-30-32-34-36-39-41(42)43-40(37-6-3)38-35-33-31-29-27-25-23-20-18-16-14-12-10-8-5-2/h13,15,19,21,24,26,30,32,40H,4-12,14,16-18,20,22-23,25,27-29,31,33-39H2,1-3H3. The minimum absolute atomic E-state index is 0.00435. The number of ether oxygens (including phenoxy) is 1. The second-order valence-corrected chi connectivity index (χ2v) is 12.6. The van der Waals surface area contributed by atoms with Crippen LogP contribution in [-0.4, -0.2) is 12.1 Å². The van der Waals surface area contributed by atoms with Gasteiger partial charge in [0.2, 0.25) is 0 Å². The van der Waals surface area contributed by atoms with Crippen LogP contribution < -0.4 is 0 Å².